The fourth-order valence-electron chi connectivity index (χ4n) is 1.31. The van der Waals surface area contributed by atoms with E-state index in [2.05, 4.69) is 6.58 Å². The van der Waals surface area contributed by atoms with Crippen molar-refractivity contribution in [3.63, 3.8) is 0 Å². The molecule has 1 aromatic rings. The third-order valence-electron chi connectivity index (χ3n) is 2.13. The van der Waals surface area contributed by atoms with Gasteiger partial charge in [0.2, 0.25) is 0 Å². The van der Waals surface area contributed by atoms with Gasteiger partial charge in [-0.3, -0.25) is 0 Å². The SMILES string of the molecule is C=CCn1c(=O)n(C)c(=O)n(CC)c1=O. The highest BCUT2D eigenvalue weighted by molar-refractivity contribution is 4.80. The van der Waals surface area contributed by atoms with Crippen molar-refractivity contribution >= 4 is 0 Å². The summed E-state index contributed by atoms with van der Waals surface area (Å²) in [7, 11) is 1.34. The molecule has 0 saturated heterocycles. The van der Waals surface area contributed by atoms with E-state index in [9.17, 15) is 14.4 Å². The van der Waals surface area contributed by atoms with Gasteiger partial charge in [-0.05, 0) is 6.92 Å². The van der Waals surface area contributed by atoms with Crippen LogP contribution >= 0.6 is 0 Å². The van der Waals surface area contributed by atoms with Gasteiger partial charge >= 0.3 is 17.1 Å². The molecule has 0 amide bonds. The van der Waals surface area contributed by atoms with Crippen molar-refractivity contribution in [2.24, 2.45) is 7.05 Å². The quantitative estimate of drug-likeness (QED) is 0.597. The third kappa shape index (κ3) is 1.70. The summed E-state index contributed by atoms with van der Waals surface area (Å²) < 4.78 is 2.89. The van der Waals surface area contributed by atoms with Gasteiger partial charge in [-0.15, -0.1) is 6.58 Å². The van der Waals surface area contributed by atoms with Gasteiger partial charge < -0.3 is 0 Å². The number of aromatic nitrogens is 3. The van der Waals surface area contributed by atoms with Gasteiger partial charge in [0.25, 0.3) is 0 Å². The minimum atomic E-state index is -0.616. The van der Waals surface area contributed by atoms with Gasteiger partial charge in [0.05, 0.1) is 6.54 Å². The van der Waals surface area contributed by atoms with Crippen molar-refractivity contribution in [2.75, 3.05) is 0 Å². The van der Waals surface area contributed by atoms with Crippen LogP contribution in [0.15, 0.2) is 27.0 Å². The molecular weight excluding hydrogens is 198 g/mol. The van der Waals surface area contributed by atoms with Gasteiger partial charge in [0.15, 0.2) is 0 Å². The maximum atomic E-state index is 11.6. The third-order valence-corrected chi connectivity index (χ3v) is 2.13. The lowest BCUT2D eigenvalue weighted by Gasteiger charge is -2.08. The summed E-state index contributed by atoms with van der Waals surface area (Å²) in [6.07, 6.45) is 1.44. The molecule has 0 radical (unpaired) electrons. The Morgan fingerprint density at radius 2 is 1.67 bits per heavy atom. The van der Waals surface area contributed by atoms with E-state index in [-0.39, 0.29) is 13.1 Å². The standard InChI is InChI=1S/C9H13N3O3/c1-4-6-12-8(14)10(3)7(13)11(5-2)9(12)15/h4H,1,5-6H2,2-3H3. The van der Waals surface area contributed by atoms with Gasteiger partial charge in [0, 0.05) is 13.6 Å². The molecule has 1 rings (SSSR count). The first kappa shape index (κ1) is 11.2. The summed E-state index contributed by atoms with van der Waals surface area (Å²) in [5, 5.41) is 0. The van der Waals surface area contributed by atoms with Gasteiger partial charge in [-0.1, -0.05) is 6.08 Å². The summed E-state index contributed by atoms with van der Waals surface area (Å²) in [5.41, 5.74) is -1.80. The molecule has 1 heterocycles. The zero-order chi connectivity index (χ0) is 11.6. The zero-order valence-corrected chi connectivity index (χ0v) is 8.77. The molecule has 0 atom stereocenters. The second-order valence-corrected chi connectivity index (χ2v) is 3.05. The Morgan fingerprint density at radius 3 is 2.13 bits per heavy atom. The highest BCUT2D eigenvalue weighted by Crippen LogP contribution is 1.74. The van der Waals surface area contributed by atoms with Crippen LogP contribution < -0.4 is 17.1 Å². The van der Waals surface area contributed by atoms with Crippen LogP contribution in [0.5, 0.6) is 0 Å². The Balaban J connectivity index is 3.76. The molecule has 6 nitrogen and oxygen atoms in total. The highest BCUT2D eigenvalue weighted by Gasteiger charge is 2.09. The fourth-order valence-corrected chi connectivity index (χ4v) is 1.31. The number of hydrogen-bond donors (Lipinski definition) is 0. The number of hydrogen-bond acceptors (Lipinski definition) is 3. The molecule has 1 aromatic heterocycles. The molecule has 0 aromatic carbocycles. The fraction of sp³-hybridized carbons (Fsp3) is 0.444. The van der Waals surface area contributed by atoms with Crippen molar-refractivity contribution in [3.8, 4) is 0 Å². The predicted octanol–water partition coefficient (Wildman–Crippen LogP) is -1.09. The molecule has 82 valence electrons. The topological polar surface area (TPSA) is 66.0 Å². The van der Waals surface area contributed by atoms with Crippen LogP contribution in [-0.2, 0) is 20.1 Å². The van der Waals surface area contributed by atoms with Crippen LogP contribution in [0.3, 0.4) is 0 Å². The molecule has 0 N–H and O–H groups in total. The lowest BCUT2D eigenvalue weighted by Crippen LogP contribution is -2.53. The Labute approximate surface area is 85.7 Å². The van der Waals surface area contributed by atoms with E-state index in [1.807, 2.05) is 0 Å². The minimum absolute atomic E-state index is 0.103. The molecule has 0 fully saturated rings. The average molecular weight is 211 g/mol. The maximum Gasteiger partial charge on any atom is 0.336 e. The van der Waals surface area contributed by atoms with Crippen LogP contribution in [0.4, 0.5) is 0 Å². The molecule has 0 aliphatic heterocycles. The molecule has 0 aliphatic rings. The second kappa shape index (κ2) is 4.12. The van der Waals surface area contributed by atoms with E-state index >= 15 is 0 Å². The highest BCUT2D eigenvalue weighted by atomic mass is 16.2. The summed E-state index contributed by atoms with van der Waals surface area (Å²) in [6.45, 7) is 5.46. The van der Waals surface area contributed by atoms with Gasteiger partial charge in [-0.25, -0.2) is 28.1 Å². The Hall–Kier alpha value is -1.85. The van der Waals surface area contributed by atoms with E-state index in [0.29, 0.717) is 0 Å². The first-order chi connectivity index (χ1) is 7.04. The minimum Gasteiger partial charge on any atom is -0.248 e. The number of allylic oxidation sites excluding steroid dienone is 1. The number of nitrogens with zero attached hydrogens (tertiary/aromatic N) is 3. The molecule has 0 saturated carbocycles. The smallest absolute Gasteiger partial charge is 0.248 e. The lowest BCUT2D eigenvalue weighted by molar-refractivity contribution is 0.504. The zero-order valence-electron chi connectivity index (χ0n) is 8.77. The van der Waals surface area contributed by atoms with Crippen molar-refractivity contribution in [1.82, 2.24) is 13.7 Å². The number of rotatable bonds is 3. The van der Waals surface area contributed by atoms with Crippen LogP contribution in [0.2, 0.25) is 0 Å². The lowest BCUT2D eigenvalue weighted by atomic mass is 10.6. The molecule has 15 heavy (non-hydrogen) atoms. The molecule has 0 bridgehead atoms. The van der Waals surface area contributed by atoms with Crippen LogP contribution in [0.25, 0.3) is 0 Å². The Kier molecular flexibility index (Phi) is 3.08. The van der Waals surface area contributed by atoms with Gasteiger partial charge in [0.1, 0.15) is 0 Å². The summed E-state index contributed by atoms with van der Waals surface area (Å²) in [5.74, 6) is 0. The first-order valence-electron chi connectivity index (χ1n) is 4.56. The second-order valence-electron chi connectivity index (χ2n) is 3.05. The largest absolute Gasteiger partial charge is 0.336 e. The van der Waals surface area contributed by atoms with Crippen LogP contribution in [0.1, 0.15) is 6.92 Å². The predicted molar refractivity (Wildman–Crippen MR) is 56.1 cm³/mol. The van der Waals surface area contributed by atoms with Gasteiger partial charge in [-0.2, -0.15) is 0 Å². The molecular formula is C9H13N3O3. The van der Waals surface area contributed by atoms with E-state index in [1.54, 1.807) is 6.92 Å². The molecule has 0 aliphatic carbocycles. The summed E-state index contributed by atoms with van der Waals surface area (Å²) >= 11 is 0. The maximum absolute atomic E-state index is 11.6. The summed E-state index contributed by atoms with van der Waals surface area (Å²) in [6, 6.07) is 0. The monoisotopic (exact) mass is 211 g/mol. The van der Waals surface area contributed by atoms with Crippen LogP contribution in [0, 0.1) is 0 Å². The molecule has 0 unspecified atom stereocenters. The average Bonchev–Trinajstić information content (AvgIpc) is 2.22. The molecule has 0 spiro atoms. The van der Waals surface area contributed by atoms with E-state index in [0.717, 1.165) is 13.7 Å². The normalized spacial score (nSPS) is 10.3. The first-order valence-corrected chi connectivity index (χ1v) is 4.56. The Morgan fingerprint density at radius 1 is 1.13 bits per heavy atom. The van der Waals surface area contributed by atoms with Crippen molar-refractivity contribution < 1.29 is 0 Å². The van der Waals surface area contributed by atoms with Crippen LogP contribution in [-0.4, -0.2) is 13.7 Å². The Bertz CT molecular complexity index is 547. The van der Waals surface area contributed by atoms with Crippen molar-refractivity contribution in [3.05, 3.63) is 44.1 Å². The van der Waals surface area contributed by atoms with E-state index < -0.39 is 17.1 Å². The molecule has 6 heteroatoms. The van der Waals surface area contributed by atoms with Crippen molar-refractivity contribution in [2.45, 2.75) is 20.0 Å². The van der Waals surface area contributed by atoms with E-state index in [4.69, 9.17) is 0 Å². The van der Waals surface area contributed by atoms with Crippen molar-refractivity contribution in [1.29, 1.82) is 0 Å². The summed E-state index contributed by atoms with van der Waals surface area (Å²) in [4.78, 5) is 34.7. The van der Waals surface area contributed by atoms with E-state index in [1.165, 1.54) is 13.1 Å².